The van der Waals surface area contributed by atoms with E-state index in [2.05, 4.69) is 16.4 Å². The topological polar surface area (TPSA) is 43.4 Å². The normalized spacial score (nSPS) is 28.4. The van der Waals surface area contributed by atoms with E-state index in [-0.39, 0.29) is 11.5 Å². The van der Waals surface area contributed by atoms with Crippen molar-refractivity contribution in [1.29, 1.82) is 0 Å². The van der Waals surface area contributed by atoms with Gasteiger partial charge in [-0.2, -0.15) is 0 Å². The standard InChI is InChI=1S/C12H16N2O2/c1-2-4-14-10(3-1)12(8-15-9-12)11-7-13-5-6-16-11/h1-4,11,13H,5-9H2. The molecular weight excluding hydrogens is 204 g/mol. The molecule has 86 valence electrons. The predicted octanol–water partition coefficient (Wildman–Crippen LogP) is 0.338. The fourth-order valence-corrected chi connectivity index (χ4v) is 2.40. The Morgan fingerprint density at radius 1 is 1.38 bits per heavy atom. The Morgan fingerprint density at radius 3 is 2.88 bits per heavy atom. The molecule has 0 amide bonds. The first-order chi connectivity index (χ1) is 7.92. The van der Waals surface area contributed by atoms with Gasteiger partial charge in [0.1, 0.15) is 0 Å². The second kappa shape index (κ2) is 4.13. The van der Waals surface area contributed by atoms with E-state index < -0.39 is 0 Å². The molecule has 1 aromatic rings. The molecule has 2 fully saturated rings. The highest BCUT2D eigenvalue weighted by Crippen LogP contribution is 2.36. The Balaban J connectivity index is 1.87. The quantitative estimate of drug-likeness (QED) is 0.780. The number of nitrogens with one attached hydrogen (secondary N) is 1. The van der Waals surface area contributed by atoms with Crippen LogP contribution in [0.2, 0.25) is 0 Å². The summed E-state index contributed by atoms with van der Waals surface area (Å²) in [5, 5.41) is 3.37. The second-order valence-corrected chi connectivity index (χ2v) is 4.43. The summed E-state index contributed by atoms with van der Waals surface area (Å²) in [6, 6.07) is 6.04. The van der Waals surface area contributed by atoms with Crippen LogP contribution in [0, 0.1) is 0 Å². The average molecular weight is 220 g/mol. The van der Waals surface area contributed by atoms with Crippen molar-refractivity contribution in [3.05, 3.63) is 30.1 Å². The number of nitrogens with zero attached hydrogens (tertiary/aromatic N) is 1. The molecule has 0 bridgehead atoms. The molecule has 0 radical (unpaired) electrons. The number of pyridine rings is 1. The third-order valence-electron chi connectivity index (χ3n) is 3.44. The van der Waals surface area contributed by atoms with Gasteiger partial charge in [-0.25, -0.2) is 0 Å². The first-order valence-electron chi connectivity index (χ1n) is 5.73. The maximum absolute atomic E-state index is 5.86. The summed E-state index contributed by atoms with van der Waals surface area (Å²) < 4.78 is 11.3. The number of hydrogen-bond donors (Lipinski definition) is 1. The smallest absolute Gasteiger partial charge is 0.0865 e. The number of aromatic nitrogens is 1. The molecule has 3 rings (SSSR count). The monoisotopic (exact) mass is 220 g/mol. The maximum Gasteiger partial charge on any atom is 0.0865 e. The zero-order chi connectivity index (χ0) is 10.8. The average Bonchev–Trinajstić information content (AvgIpc) is 2.31. The lowest BCUT2D eigenvalue weighted by Crippen LogP contribution is -2.61. The molecule has 1 N–H and O–H groups in total. The first kappa shape index (κ1) is 10.2. The molecule has 0 saturated carbocycles. The summed E-state index contributed by atoms with van der Waals surface area (Å²) in [5.74, 6) is 0. The van der Waals surface area contributed by atoms with Gasteiger partial charge in [-0.1, -0.05) is 6.07 Å². The van der Waals surface area contributed by atoms with E-state index in [1.165, 1.54) is 0 Å². The van der Waals surface area contributed by atoms with Crippen LogP contribution in [0.4, 0.5) is 0 Å². The van der Waals surface area contributed by atoms with E-state index in [1.807, 2.05) is 18.3 Å². The van der Waals surface area contributed by atoms with Crippen molar-refractivity contribution in [2.24, 2.45) is 0 Å². The SMILES string of the molecule is c1ccc(C2(C3CNCCO3)COC2)nc1. The van der Waals surface area contributed by atoms with Gasteiger partial charge in [-0.05, 0) is 12.1 Å². The highest BCUT2D eigenvalue weighted by Gasteiger charge is 2.49. The summed E-state index contributed by atoms with van der Waals surface area (Å²) in [6.45, 7) is 4.04. The van der Waals surface area contributed by atoms with Gasteiger partial charge in [0.05, 0.1) is 37.0 Å². The molecule has 4 heteroatoms. The van der Waals surface area contributed by atoms with Crippen molar-refractivity contribution in [2.75, 3.05) is 32.9 Å². The Bertz CT molecular complexity index is 345. The molecule has 2 saturated heterocycles. The lowest BCUT2D eigenvalue weighted by molar-refractivity contribution is -0.147. The molecule has 1 atom stereocenters. The zero-order valence-electron chi connectivity index (χ0n) is 9.19. The van der Waals surface area contributed by atoms with Crippen LogP contribution >= 0.6 is 0 Å². The van der Waals surface area contributed by atoms with Crippen LogP contribution < -0.4 is 5.32 Å². The van der Waals surface area contributed by atoms with E-state index in [4.69, 9.17) is 9.47 Å². The summed E-state index contributed by atoms with van der Waals surface area (Å²) in [7, 11) is 0. The molecule has 0 aliphatic carbocycles. The van der Waals surface area contributed by atoms with Crippen LogP contribution in [0.25, 0.3) is 0 Å². The van der Waals surface area contributed by atoms with Gasteiger partial charge in [0.2, 0.25) is 0 Å². The molecule has 4 nitrogen and oxygen atoms in total. The van der Waals surface area contributed by atoms with Crippen molar-refractivity contribution >= 4 is 0 Å². The largest absolute Gasteiger partial charge is 0.379 e. The second-order valence-electron chi connectivity index (χ2n) is 4.43. The lowest BCUT2D eigenvalue weighted by Gasteiger charge is -2.47. The fourth-order valence-electron chi connectivity index (χ4n) is 2.40. The van der Waals surface area contributed by atoms with Gasteiger partial charge in [-0.15, -0.1) is 0 Å². The van der Waals surface area contributed by atoms with Crippen LogP contribution in [0.15, 0.2) is 24.4 Å². The van der Waals surface area contributed by atoms with Crippen molar-refractivity contribution in [2.45, 2.75) is 11.5 Å². The van der Waals surface area contributed by atoms with Gasteiger partial charge in [0.25, 0.3) is 0 Å². The predicted molar refractivity (Wildman–Crippen MR) is 59.3 cm³/mol. The molecule has 0 aromatic carbocycles. The van der Waals surface area contributed by atoms with E-state index in [0.29, 0.717) is 0 Å². The fraction of sp³-hybridized carbons (Fsp3) is 0.583. The van der Waals surface area contributed by atoms with Gasteiger partial charge >= 0.3 is 0 Å². The van der Waals surface area contributed by atoms with Crippen molar-refractivity contribution in [3.63, 3.8) is 0 Å². The Hall–Kier alpha value is -0.970. The van der Waals surface area contributed by atoms with Crippen LogP contribution in [-0.4, -0.2) is 44.0 Å². The van der Waals surface area contributed by atoms with Crippen molar-refractivity contribution in [1.82, 2.24) is 10.3 Å². The minimum atomic E-state index is -0.0331. The molecule has 0 spiro atoms. The van der Waals surface area contributed by atoms with E-state index in [0.717, 1.165) is 38.6 Å². The maximum atomic E-state index is 5.86. The molecule has 2 aliphatic rings. The van der Waals surface area contributed by atoms with Gasteiger partial charge in [0, 0.05) is 19.3 Å². The number of morpholine rings is 1. The van der Waals surface area contributed by atoms with Crippen LogP contribution in [0.1, 0.15) is 5.69 Å². The number of rotatable bonds is 2. The molecule has 1 unspecified atom stereocenters. The summed E-state index contributed by atoms with van der Waals surface area (Å²) in [5.41, 5.74) is 1.06. The molecule has 1 aromatic heterocycles. The molecule has 16 heavy (non-hydrogen) atoms. The van der Waals surface area contributed by atoms with Gasteiger partial charge in [-0.3, -0.25) is 4.98 Å². The highest BCUT2D eigenvalue weighted by atomic mass is 16.5. The van der Waals surface area contributed by atoms with E-state index >= 15 is 0 Å². The highest BCUT2D eigenvalue weighted by molar-refractivity contribution is 5.23. The third-order valence-corrected chi connectivity index (χ3v) is 3.44. The zero-order valence-corrected chi connectivity index (χ0v) is 9.19. The Kier molecular flexibility index (Phi) is 2.63. The lowest BCUT2D eigenvalue weighted by atomic mass is 9.76. The van der Waals surface area contributed by atoms with E-state index in [9.17, 15) is 0 Å². The van der Waals surface area contributed by atoms with Crippen molar-refractivity contribution < 1.29 is 9.47 Å². The van der Waals surface area contributed by atoms with Crippen LogP contribution in [0.5, 0.6) is 0 Å². The number of ether oxygens (including phenoxy) is 2. The van der Waals surface area contributed by atoms with Crippen LogP contribution in [-0.2, 0) is 14.9 Å². The first-order valence-corrected chi connectivity index (χ1v) is 5.73. The molecule has 3 heterocycles. The van der Waals surface area contributed by atoms with Crippen LogP contribution in [0.3, 0.4) is 0 Å². The minimum Gasteiger partial charge on any atom is -0.379 e. The number of hydrogen-bond acceptors (Lipinski definition) is 4. The van der Waals surface area contributed by atoms with Gasteiger partial charge < -0.3 is 14.8 Å². The van der Waals surface area contributed by atoms with Gasteiger partial charge in [0.15, 0.2) is 0 Å². The Labute approximate surface area is 95.0 Å². The minimum absolute atomic E-state index is 0.0331. The summed E-state index contributed by atoms with van der Waals surface area (Å²) in [4.78, 5) is 4.46. The summed E-state index contributed by atoms with van der Waals surface area (Å²) >= 11 is 0. The third kappa shape index (κ3) is 1.54. The van der Waals surface area contributed by atoms with Crippen molar-refractivity contribution in [3.8, 4) is 0 Å². The molecule has 2 aliphatic heterocycles. The van der Waals surface area contributed by atoms with E-state index in [1.54, 1.807) is 0 Å². The summed E-state index contributed by atoms with van der Waals surface area (Å²) in [6.07, 6.45) is 2.02. The Morgan fingerprint density at radius 2 is 2.31 bits per heavy atom. The molecular formula is C12H16N2O2.